The van der Waals surface area contributed by atoms with Gasteiger partial charge in [0.2, 0.25) is 5.91 Å². The summed E-state index contributed by atoms with van der Waals surface area (Å²) in [6, 6.07) is 15.3. The molecule has 2 aromatic rings. The van der Waals surface area contributed by atoms with Gasteiger partial charge in [0.1, 0.15) is 12.6 Å². The van der Waals surface area contributed by atoms with Crippen molar-refractivity contribution in [1.82, 2.24) is 10.2 Å². The monoisotopic (exact) mass is 450 g/mol. The van der Waals surface area contributed by atoms with Crippen LogP contribution in [0.25, 0.3) is 11.1 Å². The van der Waals surface area contributed by atoms with E-state index in [-0.39, 0.29) is 30.9 Å². The lowest BCUT2D eigenvalue weighted by atomic mass is 9.98. The molecule has 2 amide bonds. The van der Waals surface area contributed by atoms with Gasteiger partial charge in [-0.25, -0.2) is 9.59 Å². The molecule has 2 aliphatic carbocycles. The highest BCUT2D eigenvalue weighted by Gasteiger charge is 2.40. The van der Waals surface area contributed by atoms with Crippen molar-refractivity contribution in [3.8, 4) is 11.1 Å². The van der Waals surface area contributed by atoms with Crippen molar-refractivity contribution in [2.24, 2.45) is 0 Å². The van der Waals surface area contributed by atoms with Gasteiger partial charge in [0.05, 0.1) is 0 Å². The first-order valence-electron chi connectivity index (χ1n) is 11.3. The van der Waals surface area contributed by atoms with Gasteiger partial charge in [-0.3, -0.25) is 4.79 Å². The lowest BCUT2D eigenvalue weighted by Crippen LogP contribution is -2.51. The topological polar surface area (TPSA) is 95.9 Å². The molecule has 1 saturated carbocycles. The van der Waals surface area contributed by atoms with E-state index in [1.165, 1.54) is 11.8 Å². The Labute approximate surface area is 193 Å². The zero-order valence-electron chi connectivity index (χ0n) is 19.2. The molecule has 7 heteroatoms. The number of nitrogens with one attached hydrogen (secondary N) is 1. The molecule has 0 heterocycles. The number of rotatable bonds is 8. The third-order valence-corrected chi connectivity index (χ3v) is 6.38. The number of hydrogen-bond donors (Lipinski definition) is 2. The molecule has 33 heavy (non-hydrogen) atoms. The minimum Gasteiger partial charge on any atom is -0.480 e. The number of carboxylic acids is 1. The van der Waals surface area contributed by atoms with E-state index in [0.29, 0.717) is 0 Å². The Morgan fingerprint density at radius 2 is 1.61 bits per heavy atom. The predicted molar refractivity (Wildman–Crippen MR) is 124 cm³/mol. The number of benzene rings is 2. The lowest BCUT2D eigenvalue weighted by Gasteiger charge is -2.32. The highest BCUT2D eigenvalue weighted by Crippen LogP contribution is 2.44. The standard InChI is InChI=1S/C26H30N2O5/c1-16(24(30)31)28(17-12-13-17)23(29)14-26(2,3)27-25(32)33-15-22-20-10-6-4-8-18(20)19-9-5-7-11-21(19)22/h4-11,16-17,22H,12-15H2,1-3H3,(H,27,32)(H,30,31). The van der Waals surface area contributed by atoms with Crippen LogP contribution >= 0.6 is 0 Å². The van der Waals surface area contributed by atoms with Crippen LogP contribution in [0.4, 0.5) is 4.79 Å². The molecule has 0 bridgehead atoms. The maximum Gasteiger partial charge on any atom is 0.407 e. The number of hydrogen-bond acceptors (Lipinski definition) is 4. The summed E-state index contributed by atoms with van der Waals surface area (Å²) in [5.74, 6) is -1.36. The van der Waals surface area contributed by atoms with Gasteiger partial charge >= 0.3 is 12.1 Å². The first-order valence-corrected chi connectivity index (χ1v) is 11.3. The molecule has 174 valence electrons. The van der Waals surface area contributed by atoms with Crippen LogP contribution in [0.15, 0.2) is 48.5 Å². The zero-order valence-corrected chi connectivity index (χ0v) is 19.2. The number of carbonyl (C=O) groups is 3. The summed E-state index contributed by atoms with van der Waals surface area (Å²) >= 11 is 0. The molecule has 4 rings (SSSR count). The first kappa shape index (κ1) is 22.8. The molecular formula is C26H30N2O5. The molecule has 0 aliphatic heterocycles. The van der Waals surface area contributed by atoms with Crippen LogP contribution in [0.3, 0.4) is 0 Å². The van der Waals surface area contributed by atoms with Gasteiger partial charge in [-0.1, -0.05) is 48.5 Å². The van der Waals surface area contributed by atoms with E-state index in [1.807, 2.05) is 24.3 Å². The highest BCUT2D eigenvalue weighted by atomic mass is 16.5. The van der Waals surface area contributed by atoms with E-state index in [4.69, 9.17) is 4.74 Å². The van der Waals surface area contributed by atoms with Gasteiger partial charge in [-0.05, 0) is 55.9 Å². The van der Waals surface area contributed by atoms with Gasteiger partial charge in [-0.15, -0.1) is 0 Å². The second-order valence-electron chi connectivity index (χ2n) is 9.56. The SMILES string of the molecule is CC(C(=O)O)N(C(=O)CC(C)(C)NC(=O)OCC1c2ccccc2-c2ccccc21)C1CC1. The number of carboxylic acid groups (broad SMARTS) is 1. The molecule has 1 unspecified atom stereocenters. The van der Waals surface area contributed by atoms with E-state index in [9.17, 15) is 19.5 Å². The quantitative estimate of drug-likeness (QED) is 0.630. The molecule has 0 saturated heterocycles. The summed E-state index contributed by atoms with van der Waals surface area (Å²) in [6.07, 6.45) is 1.01. The molecule has 0 radical (unpaired) electrons. The van der Waals surface area contributed by atoms with E-state index < -0.39 is 23.6 Å². The van der Waals surface area contributed by atoms with Crippen LogP contribution < -0.4 is 5.32 Å². The molecule has 2 aromatic carbocycles. The van der Waals surface area contributed by atoms with Crippen molar-refractivity contribution in [2.45, 2.75) is 63.6 Å². The second-order valence-corrected chi connectivity index (χ2v) is 9.56. The van der Waals surface area contributed by atoms with Gasteiger partial charge < -0.3 is 20.1 Å². The third-order valence-electron chi connectivity index (χ3n) is 6.38. The van der Waals surface area contributed by atoms with Crippen molar-refractivity contribution in [3.63, 3.8) is 0 Å². The van der Waals surface area contributed by atoms with Crippen LogP contribution in [-0.4, -0.2) is 52.2 Å². The molecular weight excluding hydrogens is 420 g/mol. The fourth-order valence-electron chi connectivity index (χ4n) is 4.63. The first-order chi connectivity index (χ1) is 15.7. The number of amides is 2. The van der Waals surface area contributed by atoms with E-state index in [1.54, 1.807) is 13.8 Å². The average molecular weight is 451 g/mol. The van der Waals surface area contributed by atoms with Crippen LogP contribution in [0.5, 0.6) is 0 Å². The summed E-state index contributed by atoms with van der Waals surface area (Å²) in [5.41, 5.74) is 3.68. The minimum atomic E-state index is -1.03. The summed E-state index contributed by atoms with van der Waals surface area (Å²) in [6.45, 7) is 5.18. The minimum absolute atomic E-state index is 0.00862. The van der Waals surface area contributed by atoms with Gasteiger partial charge in [-0.2, -0.15) is 0 Å². The predicted octanol–water partition coefficient (Wildman–Crippen LogP) is 4.16. The van der Waals surface area contributed by atoms with E-state index in [0.717, 1.165) is 35.1 Å². The molecule has 1 fully saturated rings. The third kappa shape index (κ3) is 4.87. The Kier molecular flexibility index (Phi) is 6.15. The summed E-state index contributed by atoms with van der Waals surface area (Å²) in [5, 5.41) is 12.1. The Balaban J connectivity index is 1.38. The van der Waals surface area contributed by atoms with Crippen LogP contribution in [-0.2, 0) is 14.3 Å². The van der Waals surface area contributed by atoms with Crippen molar-refractivity contribution in [3.05, 3.63) is 59.7 Å². The fourth-order valence-corrected chi connectivity index (χ4v) is 4.63. The van der Waals surface area contributed by atoms with Crippen LogP contribution in [0, 0.1) is 0 Å². The zero-order chi connectivity index (χ0) is 23.8. The van der Waals surface area contributed by atoms with Gasteiger partial charge in [0.25, 0.3) is 0 Å². The molecule has 2 N–H and O–H groups in total. The van der Waals surface area contributed by atoms with Crippen molar-refractivity contribution in [1.29, 1.82) is 0 Å². The maximum atomic E-state index is 12.9. The molecule has 7 nitrogen and oxygen atoms in total. The fraction of sp³-hybridized carbons (Fsp3) is 0.423. The van der Waals surface area contributed by atoms with Crippen LogP contribution in [0.2, 0.25) is 0 Å². The maximum absolute atomic E-state index is 12.9. The van der Waals surface area contributed by atoms with Crippen LogP contribution in [0.1, 0.15) is 57.1 Å². The average Bonchev–Trinajstić information content (AvgIpc) is 3.53. The number of carbonyl (C=O) groups excluding carboxylic acids is 2. The molecule has 2 aliphatic rings. The van der Waals surface area contributed by atoms with Crippen molar-refractivity contribution >= 4 is 18.0 Å². The number of alkyl carbamates (subject to hydrolysis) is 1. The normalized spacial score (nSPS) is 15.8. The molecule has 0 spiro atoms. The van der Waals surface area contributed by atoms with E-state index in [2.05, 4.69) is 29.6 Å². The number of nitrogens with zero attached hydrogens (tertiary/aromatic N) is 1. The smallest absolute Gasteiger partial charge is 0.407 e. The Bertz CT molecular complexity index is 1030. The van der Waals surface area contributed by atoms with E-state index >= 15 is 0 Å². The van der Waals surface area contributed by atoms with Crippen molar-refractivity contribution < 1.29 is 24.2 Å². The number of ether oxygens (including phenoxy) is 1. The molecule has 1 atom stereocenters. The second kappa shape index (κ2) is 8.89. The number of aliphatic carboxylic acids is 1. The molecule has 0 aromatic heterocycles. The largest absolute Gasteiger partial charge is 0.480 e. The lowest BCUT2D eigenvalue weighted by molar-refractivity contribution is -0.150. The Hall–Kier alpha value is -3.35. The summed E-state index contributed by atoms with van der Waals surface area (Å²) in [4.78, 5) is 38.4. The Morgan fingerprint density at radius 1 is 1.06 bits per heavy atom. The van der Waals surface area contributed by atoms with Gasteiger partial charge in [0.15, 0.2) is 0 Å². The van der Waals surface area contributed by atoms with Crippen molar-refractivity contribution in [2.75, 3.05) is 6.61 Å². The summed E-state index contributed by atoms with van der Waals surface area (Å²) in [7, 11) is 0. The number of fused-ring (bicyclic) bond motifs is 3. The highest BCUT2D eigenvalue weighted by molar-refractivity contribution is 5.85. The Morgan fingerprint density at radius 3 is 2.12 bits per heavy atom. The summed E-state index contributed by atoms with van der Waals surface area (Å²) < 4.78 is 5.59. The van der Waals surface area contributed by atoms with Gasteiger partial charge in [0, 0.05) is 23.9 Å².